The zero-order chi connectivity index (χ0) is 18.0. The van der Waals surface area contributed by atoms with Gasteiger partial charge >= 0.3 is 0 Å². The molecule has 0 radical (unpaired) electrons. The van der Waals surface area contributed by atoms with Crippen molar-refractivity contribution in [2.75, 3.05) is 14.1 Å². The van der Waals surface area contributed by atoms with Gasteiger partial charge in [0.2, 0.25) is 5.91 Å². The lowest BCUT2D eigenvalue weighted by atomic mass is 9.79. The second-order valence-corrected chi connectivity index (χ2v) is 6.87. The summed E-state index contributed by atoms with van der Waals surface area (Å²) in [7, 11) is 5.99. The number of nitrogens with zero attached hydrogens (tertiary/aromatic N) is 5. The summed E-state index contributed by atoms with van der Waals surface area (Å²) in [6.45, 7) is 0.806. The fourth-order valence-electron chi connectivity index (χ4n) is 3.12. The van der Waals surface area contributed by atoms with E-state index in [-0.39, 0.29) is 24.1 Å². The molecule has 0 bridgehead atoms. The minimum Gasteiger partial charge on any atom is -0.352 e. The van der Waals surface area contributed by atoms with Crippen molar-refractivity contribution in [3.05, 3.63) is 46.4 Å². The van der Waals surface area contributed by atoms with Gasteiger partial charge in [0.25, 0.3) is 5.56 Å². The Labute approximate surface area is 146 Å². The van der Waals surface area contributed by atoms with Crippen LogP contribution in [0.3, 0.4) is 0 Å². The first-order valence-electron chi connectivity index (χ1n) is 8.41. The number of hydrogen-bond donors (Lipinski definition) is 1. The quantitative estimate of drug-likeness (QED) is 0.803. The number of carbonyl (C=O) groups excluding carboxylic acids is 1. The van der Waals surface area contributed by atoms with E-state index >= 15 is 0 Å². The van der Waals surface area contributed by atoms with E-state index < -0.39 is 0 Å². The Bertz CT molecular complexity index is 803. The van der Waals surface area contributed by atoms with E-state index in [0.717, 1.165) is 31.0 Å². The smallest absolute Gasteiger partial charge is 0.250 e. The average molecular weight is 344 g/mol. The van der Waals surface area contributed by atoms with Crippen LogP contribution in [0.25, 0.3) is 0 Å². The predicted molar refractivity (Wildman–Crippen MR) is 93.0 cm³/mol. The zero-order valence-electron chi connectivity index (χ0n) is 14.8. The number of aromatic nitrogens is 4. The summed E-state index contributed by atoms with van der Waals surface area (Å²) < 4.78 is 3.45. The van der Waals surface area contributed by atoms with Crippen molar-refractivity contribution in [3.8, 4) is 0 Å². The summed E-state index contributed by atoms with van der Waals surface area (Å²) in [5, 5.41) is 11.6. The van der Waals surface area contributed by atoms with E-state index in [1.165, 1.54) is 10.6 Å². The Hall–Kier alpha value is -2.48. The molecule has 0 aromatic carbocycles. The van der Waals surface area contributed by atoms with Gasteiger partial charge in [-0.3, -0.25) is 9.59 Å². The fourth-order valence-corrected chi connectivity index (χ4v) is 3.12. The maximum absolute atomic E-state index is 12.1. The molecule has 8 heteroatoms. The molecule has 0 aliphatic heterocycles. The molecule has 1 amide bonds. The number of nitrogens with one attached hydrogen (secondary N) is 1. The second-order valence-electron chi connectivity index (χ2n) is 6.87. The van der Waals surface area contributed by atoms with E-state index in [9.17, 15) is 9.59 Å². The van der Waals surface area contributed by atoms with Crippen molar-refractivity contribution < 1.29 is 4.79 Å². The standard InChI is InChI=1S/C17H24N6O2/c1-21(2)10-14-19-20-17(22(14)3)12-8-13(9-12)18-15(24)11-23-7-5-4-6-16(23)25/h4-7,12-13H,8-11H2,1-3H3,(H,18,24). The van der Waals surface area contributed by atoms with Gasteiger partial charge < -0.3 is 19.4 Å². The molecule has 1 fully saturated rings. The molecule has 134 valence electrons. The Kier molecular flexibility index (Phi) is 4.98. The molecular weight excluding hydrogens is 320 g/mol. The predicted octanol–water partition coefficient (Wildman–Crippen LogP) is 0.101. The molecule has 1 aliphatic carbocycles. The molecule has 25 heavy (non-hydrogen) atoms. The van der Waals surface area contributed by atoms with Crippen LogP contribution in [0.5, 0.6) is 0 Å². The second kappa shape index (κ2) is 7.18. The van der Waals surface area contributed by atoms with Crippen molar-refractivity contribution in [2.45, 2.75) is 37.9 Å². The summed E-state index contributed by atoms with van der Waals surface area (Å²) in [6.07, 6.45) is 3.32. The summed E-state index contributed by atoms with van der Waals surface area (Å²) in [5.41, 5.74) is -0.170. The number of carbonyl (C=O) groups is 1. The molecule has 1 aliphatic rings. The lowest BCUT2D eigenvalue weighted by molar-refractivity contribution is -0.123. The van der Waals surface area contributed by atoms with Gasteiger partial charge in [0.1, 0.15) is 18.2 Å². The third kappa shape index (κ3) is 3.96. The Morgan fingerprint density at radius 3 is 2.76 bits per heavy atom. The lowest BCUT2D eigenvalue weighted by Crippen LogP contribution is -2.45. The van der Waals surface area contributed by atoms with Crippen molar-refractivity contribution in [2.24, 2.45) is 7.05 Å². The Balaban J connectivity index is 1.51. The van der Waals surface area contributed by atoms with Crippen LogP contribution in [-0.4, -0.2) is 50.3 Å². The van der Waals surface area contributed by atoms with Crippen LogP contribution in [0, 0.1) is 0 Å². The SMILES string of the molecule is CN(C)Cc1nnc(C2CC(NC(=O)Cn3ccccc3=O)C2)n1C. The van der Waals surface area contributed by atoms with E-state index in [1.807, 2.05) is 25.7 Å². The van der Waals surface area contributed by atoms with E-state index in [1.54, 1.807) is 18.3 Å². The largest absolute Gasteiger partial charge is 0.352 e. The van der Waals surface area contributed by atoms with Crippen LogP contribution >= 0.6 is 0 Å². The first kappa shape index (κ1) is 17.3. The van der Waals surface area contributed by atoms with Crippen molar-refractivity contribution in [1.82, 2.24) is 29.5 Å². The molecule has 8 nitrogen and oxygen atoms in total. The number of pyridine rings is 1. The minimum atomic E-state index is -0.170. The monoisotopic (exact) mass is 344 g/mol. The number of hydrogen-bond acceptors (Lipinski definition) is 5. The Morgan fingerprint density at radius 1 is 1.32 bits per heavy atom. The molecule has 0 saturated heterocycles. The number of amides is 1. The molecule has 2 aromatic heterocycles. The molecular formula is C17H24N6O2. The van der Waals surface area contributed by atoms with E-state index in [4.69, 9.17) is 0 Å². The average Bonchev–Trinajstić information content (AvgIpc) is 2.85. The zero-order valence-corrected chi connectivity index (χ0v) is 14.8. The topological polar surface area (TPSA) is 85.1 Å². The molecule has 0 unspecified atom stereocenters. The molecule has 0 spiro atoms. The van der Waals surface area contributed by atoms with Gasteiger partial charge in [-0.2, -0.15) is 0 Å². The van der Waals surface area contributed by atoms with Gasteiger partial charge in [0.05, 0.1) is 6.54 Å². The molecule has 1 N–H and O–H groups in total. The van der Waals surface area contributed by atoms with Crippen molar-refractivity contribution in [3.63, 3.8) is 0 Å². The van der Waals surface area contributed by atoms with Gasteiger partial charge in [0, 0.05) is 31.3 Å². The summed E-state index contributed by atoms with van der Waals surface area (Å²) >= 11 is 0. The Morgan fingerprint density at radius 2 is 2.08 bits per heavy atom. The maximum Gasteiger partial charge on any atom is 0.250 e. The summed E-state index contributed by atoms with van der Waals surface area (Å²) in [6, 6.07) is 4.99. The molecule has 3 rings (SSSR count). The van der Waals surface area contributed by atoms with E-state index in [2.05, 4.69) is 20.4 Å². The van der Waals surface area contributed by atoms with Crippen molar-refractivity contribution in [1.29, 1.82) is 0 Å². The highest BCUT2D eigenvalue weighted by molar-refractivity contribution is 5.76. The molecule has 2 aromatic rings. The van der Waals surface area contributed by atoms with Crippen LogP contribution in [0.2, 0.25) is 0 Å². The molecule has 2 heterocycles. The van der Waals surface area contributed by atoms with E-state index in [0.29, 0.717) is 5.92 Å². The maximum atomic E-state index is 12.1. The molecule has 0 atom stereocenters. The first-order valence-corrected chi connectivity index (χ1v) is 8.41. The van der Waals surface area contributed by atoms with Crippen molar-refractivity contribution >= 4 is 5.91 Å². The third-order valence-electron chi connectivity index (χ3n) is 4.54. The highest BCUT2D eigenvalue weighted by atomic mass is 16.2. The normalized spacial score (nSPS) is 19.7. The van der Waals surface area contributed by atoms with Crippen LogP contribution in [-0.2, 0) is 24.9 Å². The van der Waals surface area contributed by atoms with Crippen LogP contribution in [0.4, 0.5) is 0 Å². The van der Waals surface area contributed by atoms with Gasteiger partial charge in [0.15, 0.2) is 0 Å². The summed E-state index contributed by atoms with van der Waals surface area (Å²) in [4.78, 5) is 25.8. The van der Waals surface area contributed by atoms with Gasteiger partial charge in [-0.25, -0.2) is 0 Å². The number of rotatable bonds is 6. The van der Waals surface area contributed by atoms with Gasteiger partial charge in [-0.15, -0.1) is 10.2 Å². The van der Waals surface area contributed by atoms with Crippen LogP contribution < -0.4 is 10.9 Å². The third-order valence-corrected chi connectivity index (χ3v) is 4.54. The highest BCUT2D eigenvalue weighted by Gasteiger charge is 2.34. The first-order chi connectivity index (χ1) is 11.9. The summed E-state index contributed by atoms with van der Waals surface area (Å²) in [5.74, 6) is 2.10. The molecule has 1 saturated carbocycles. The highest BCUT2D eigenvalue weighted by Crippen LogP contribution is 2.35. The lowest BCUT2D eigenvalue weighted by Gasteiger charge is -2.35. The van der Waals surface area contributed by atoms with Gasteiger partial charge in [-0.05, 0) is 33.0 Å². The fraction of sp³-hybridized carbons (Fsp3) is 0.529. The minimum absolute atomic E-state index is 0.0534. The van der Waals surface area contributed by atoms with Gasteiger partial charge in [-0.1, -0.05) is 6.07 Å². The van der Waals surface area contributed by atoms with Crippen LogP contribution in [0.15, 0.2) is 29.2 Å². The van der Waals surface area contributed by atoms with Crippen LogP contribution in [0.1, 0.15) is 30.4 Å².